The molecule has 0 saturated carbocycles. The molecule has 4 heteroatoms. The maximum absolute atomic E-state index is 13.1. The van der Waals surface area contributed by atoms with Gasteiger partial charge in [-0.05, 0) is 53.8 Å². The normalized spacial score (nSPS) is 17.1. The fourth-order valence-electron chi connectivity index (χ4n) is 2.46. The molecule has 0 radical (unpaired) electrons. The molecule has 3 rings (SSSR count). The minimum absolute atomic E-state index is 0.100. The third-order valence-corrected chi connectivity index (χ3v) is 3.84. The molecule has 0 aliphatic heterocycles. The van der Waals surface area contributed by atoms with Crippen LogP contribution in [0.15, 0.2) is 36.4 Å². The van der Waals surface area contributed by atoms with Gasteiger partial charge in [-0.15, -0.1) is 0 Å². The van der Waals surface area contributed by atoms with Crippen LogP contribution in [0.1, 0.15) is 29.2 Å². The molecule has 1 aliphatic rings. The van der Waals surface area contributed by atoms with E-state index >= 15 is 0 Å². The molecule has 2 aromatic carbocycles. The molecule has 0 spiro atoms. The van der Waals surface area contributed by atoms with Crippen LogP contribution in [-0.2, 0) is 13.0 Å². The highest BCUT2D eigenvalue weighted by Gasteiger charge is 2.20. The second-order valence-electron chi connectivity index (χ2n) is 4.95. The van der Waals surface area contributed by atoms with E-state index in [0.29, 0.717) is 6.61 Å². The minimum atomic E-state index is -0.429. The lowest BCUT2D eigenvalue weighted by molar-refractivity contribution is 0.180. The highest BCUT2D eigenvalue weighted by Crippen LogP contribution is 2.33. The summed E-state index contributed by atoms with van der Waals surface area (Å²) < 4.78 is 18.7. The second kappa shape index (κ2) is 5.43. The first kappa shape index (κ1) is 13.4. The van der Waals surface area contributed by atoms with Gasteiger partial charge in [-0.25, -0.2) is 4.39 Å². The van der Waals surface area contributed by atoms with Crippen LogP contribution in [0.3, 0.4) is 0 Å². The van der Waals surface area contributed by atoms with Crippen LogP contribution in [0.5, 0.6) is 5.75 Å². The fraction of sp³-hybridized carbons (Fsp3) is 0.250. The lowest BCUT2D eigenvalue weighted by Gasteiger charge is -2.09. The number of ether oxygens (including phenoxy) is 1. The van der Waals surface area contributed by atoms with Gasteiger partial charge in [0.1, 0.15) is 18.2 Å². The van der Waals surface area contributed by atoms with Gasteiger partial charge in [0.2, 0.25) is 0 Å². The van der Waals surface area contributed by atoms with E-state index in [2.05, 4.69) is 0 Å². The zero-order valence-electron chi connectivity index (χ0n) is 10.8. The van der Waals surface area contributed by atoms with Crippen molar-refractivity contribution >= 4 is 11.6 Å². The van der Waals surface area contributed by atoms with Crippen LogP contribution >= 0.6 is 11.6 Å². The van der Waals surface area contributed by atoms with E-state index < -0.39 is 5.82 Å². The number of rotatable bonds is 3. The molecular weight excluding hydrogens is 279 g/mol. The molecule has 1 aliphatic carbocycles. The molecule has 0 aromatic heterocycles. The molecule has 0 fully saturated rings. The van der Waals surface area contributed by atoms with Crippen molar-refractivity contribution in [2.75, 3.05) is 0 Å². The van der Waals surface area contributed by atoms with Gasteiger partial charge in [-0.3, -0.25) is 0 Å². The summed E-state index contributed by atoms with van der Waals surface area (Å²) in [6.45, 7) is 0.335. The number of aliphatic hydroxyl groups excluding tert-OH is 1. The molecule has 20 heavy (non-hydrogen) atoms. The molecule has 2 nitrogen and oxygen atoms in total. The number of hydrogen-bond donors (Lipinski definition) is 1. The van der Waals surface area contributed by atoms with Crippen molar-refractivity contribution in [1.29, 1.82) is 0 Å². The van der Waals surface area contributed by atoms with Crippen molar-refractivity contribution in [2.45, 2.75) is 25.6 Å². The summed E-state index contributed by atoms with van der Waals surface area (Å²) in [5.74, 6) is 0.320. The summed E-state index contributed by atoms with van der Waals surface area (Å²) >= 11 is 5.73. The third kappa shape index (κ3) is 2.65. The average molecular weight is 293 g/mol. The van der Waals surface area contributed by atoms with Crippen molar-refractivity contribution in [2.24, 2.45) is 0 Å². The highest BCUT2D eigenvalue weighted by atomic mass is 35.5. The van der Waals surface area contributed by atoms with E-state index in [1.807, 2.05) is 18.2 Å². The van der Waals surface area contributed by atoms with Crippen LogP contribution in [0.4, 0.5) is 4.39 Å². The number of aliphatic hydroxyl groups is 1. The summed E-state index contributed by atoms with van der Waals surface area (Å²) in [7, 11) is 0. The standard InChI is InChI=1S/C16H14ClFO2/c17-14-7-10(1-5-15(14)18)9-20-12-3-4-13-11(8-12)2-6-16(13)19/h1,3-5,7-8,16,19H,2,6,9H2. The predicted molar refractivity (Wildman–Crippen MR) is 75.5 cm³/mol. The molecule has 0 saturated heterocycles. The van der Waals surface area contributed by atoms with Gasteiger partial charge in [0.25, 0.3) is 0 Å². The Bertz CT molecular complexity index is 642. The largest absolute Gasteiger partial charge is 0.489 e. The Balaban J connectivity index is 1.71. The van der Waals surface area contributed by atoms with E-state index in [9.17, 15) is 9.50 Å². The van der Waals surface area contributed by atoms with Crippen molar-refractivity contribution < 1.29 is 14.2 Å². The van der Waals surface area contributed by atoms with Crippen LogP contribution < -0.4 is 4.74 Å². The summed E-state index contributed by atoms with van der Waals surface area (Å²) in [5.41, 5.74) is 2.94. The average Bonchev–Trinajstić information content (AvgIpc) is 2.81. The number of hydrogen-bond acceptors (Lipinski definition) is 2. The van der Waals surface area contributed by atoms with Crippen LogP contribution in [0.2, 0.25) is 5.02 Å². The van der Waals surface area contributed by atoms with Crippen molar-refractivity contribution in [3.05, 3.63) is 63.9 Å². The predicted octanol–water partition coefficient (Wildman–Crippen LogP) is 4.04. The molecular formula is C16H14ClFO2. The summed E-state index contributed by atoms with van der Waals surface area (Å²) in [4.78, 5) is 0. The third-order valence-electron chi connectivity index (χ3n) is 3.55. The number of fused-ring (bicyclic) bond motifs is 1. The van der Waals surface area contributed by atoms with Crippen molar-refractivity contribution in [3.63, 3.8) is 0 Å². The van der Waals surface area contributed by atoms with E-state index in [-0.39, 0.29) is 11.1 Å². The Morgan fingerprint density at radius 1 is 1.25 bits per heavy atom. The van der Waals surface area contributed by atoms with Crippen molar-refractivity contribution in [1.82, 2.24) is 0 Å². The van der Waals surface area contributed by atoms with E-state index in [1.54, 1.807) is 12.1 Å². The maximum Gasteiger partial charge on any atom is 0.141 e. The quantitative estimate of drug-likeness (QED) is 0.925. The first-order valence-corrected chi connectivity index (χ1v) is 6.89. The first-order chi connectivity index (χ1) is 9.63. The van der Waals surface area contributed by atoms with Gasteiger partial charge >= 0.3 is 0 Å². The molecule has 0 amide bonds. The summed E-state index contributed by atoms with van der Waals surface area (Å²) in [6.07, 6.45) is 1.29. The molecule has 0 heterocycles. The van der Waals surface area contributed by atoms with E-state index in [1.165, 1.54) is 6.07 Å². The second-order valence-corrected chi connectivity index (χ2v) is 5.36. The Morgan fingerprint density at radius 3 is 2.90 bits per heavy atom. The number of halogens is 2. The van der Waals surface area contributed by atoms with Crippen molar-refractivity contribution in [3.8, 4) is 5.75 Å². The number of benzene rings is 2. The van der Waals surface area contributed by atoms with Gasteiger partial charge in [0, 0.05) is 0 Å². The van der Waals surface area contributed by atoms with Gasteiger partial charge in [-0.2, -0.15) is 0 Å². The SMILES string of the molecule is OC1CCc2cc(OCc3ccc(F)c(Cl)c3)ccc21. The molecule has 1 unspecified atom stereocenters. The molecule has 0 bridgehead atoms. The monoisotopic (exact) mass is 292 g/mol. The zero-order chi connectivity index (χ0) is 14.1. The van der Waals surface area contributed by atoms with Gasteiger partial charge < -0.3 is 9.84 Å². The Labute approximate surface area is 121 Å². The Hall–Kier alpha value is -1.58. The fourth-order valence-corrected chi connectivity index (χ4v) is 2.66. The maximum atomic E-state index is 13.1. The van der Waals surface area contributed by atoms with E-state index in [4.69, 9.17) is 16.3 Å². The molecule has 1 N–H and O–H groups in total. The molecule has 104 valence electrons. The van der Waals surface area contributed by atoms with Gasteiger partial charge in [-0.1, -0.05) is 23.7 Å². The summed E-state index contributed by atoms with van der Waals surface area (Å²) in [5, 5.41) is 9.85. The first-order valence-electron chi connectivity index (χ1n) is 6.51. The minimum Gasteiger partial charge on any atom is -0.489 e. The lowest BCUT2D eigenvalue weighted by atomic mass is 10.1. The highest BCUT2D eigenvalue weighted by molar-refractivity contribution is 6.30. The van der Waals surface area contributed by atoms with Gasteiger partial charge in [0.15, 0.2) is 0 Å². The molecule has 2 aromatic rings. The Morgan fingerprint density at radius 2 is 2.10 bits per heavy atom. The molecule has 1 atom stereocenters. The van der Waals surface area contributed by atoms with Crippen LogP contribution in [0.25, 0.3) is 0 Å². The topological polar surface area (TPSA) is 29.5 Å². The van der Waals surface area contributed by atoms with Gasteiger partial charge in [0.05, 0.1) is 11.1 Å². The van der Waals surface area contributed by atoms with Crippen LogP contribution in [-0.4, -0.2) is 5.11 Å². The van der Waals surface area contributed by atoms with Crippen LogP contribution in [0, 0.1) is 5.82 Å². The zero-order valence-corrected chi connectivity index (χ0v) is 11.5. The lowest BCUT2D eigenvalue weighted by Crippen LogP contribution is -1.97. The van der Waals surface area contributed by atoms with E-state index in [0.717, 1.165) is 35.3 Å². The number of aryl methyl sites for hydroxylation is 1. The summed E-state index contributed by atoms with van der Waals surface area (Å²) in [6, 6.07) is 10.3. The smallest absolute Gasteiger partial charge is 0.141 e. The Kier molecular flexibility index (Phi) is 3.64.